The fourth-order valence-electron chi connectivity index (χ4n) is 4.58. The van der Waals surface area contributed by atoms with Crippen molar-refractivity contribution in [3.63, 3.8) is 0 Å². The molecule has 1 aliphatic heterocycles. The average molecular weight is 487 g/mol. The maximum Gasteiger partial charge on any atom is 0.509 e. The molecule has 1 N–H and O–H groups in total. The Labute approximate surface area is 196 Å². The van der Waals surface area contributed by atoms with Crippen LogP contribution < -0.4 is 9.22 Å². The van der Waals surface area contributed by atoms with E-state index in [4.69, 9.17) is 14.6 Å². The fraction of sp³-hybridized carbons (Fsp3) is 0.542. The first kappa shape index (κ1) is 27.4. The smallest absolute Gasteiger partial charge is 0.496 e. The normalized spacial score (nSPS) is 15.5. The summed E-state index contributed by atoms with van der Waals surface area (Å²) >= 11 is 0. The minimum atomic E-state index is -5.14. The zero-order chi connectivity index (χ0) is 25.8. The number of carboxylic acids is 1. The average Bonchev–Trinajstić information content (AvgIpc) is 3.15. The number of halogens is 3. The molecule has 188 valence electrons. The Kier molecular flexibility index (Phi) is 8.52. The number of hydrogen-bond donors (Lipinski definition) is 1. The number of alkyl halides is 3. The van der Waals surface area contributed by atoms with E-state index in [9.17, 15) is 27.6 Å². The number of ether oxygens (including phenoxy) is 2. The van der Waals surface area contributed by atoms with Gasteiger partial charge in [0.05, 0.1) is 25.8 Å². The number of cyclic esters (lactones) is 1. The highest BCUT2D eigenvalue weighted by atomic mass is 19.4. The van der Waals surface area contributed by atoms with Gasteiger partial charge in [-0.1, -0.05) is 18.6 Å². The zero-order valence-corrected chi connectivity index (χ0v) is 20.1. The number of amides is 1. The van der Waals surface area contributed by atoms with Gasteiger partial charge in [-0.3, -0.25) is 4.79 Å². The molecule has 10 heteroatoms. The maximum atomic E-state index is 13.9. The summed E-state index contributed by atoms with van der Waals surface area (Å²) < 4.78 is 51.4. The SMILES string of the molecule is CCC[N+](CC)(C(=O)C(F)(F)F)c1c(C/C=C(\C)CCC(=O)O)c(OC)c(C)c2c1C(=O)OC2. The first-order valence-corrected chi connectivity index (χ1v) is 11.1. The number of hydrogen-bond acceptors (Lipinski definition) is 5. The van der Waals surface area contributed by atoms with E-state index in [1.165, 1.54) is 14.0 Å². The molecule has 1 aliphatic rings. The number of fused-ring (bicyclic) bond motifs is 1. The molecule has 2 rings (SSSR count). The summed E-state index contributed by atoms with van der Waals surface area (Å²) in [7, 11) is 1.38. The van der Waals surface area contributed by atoms with Crippen LogP contribution in [0.1, 0.15) is 67.1 Å². The first-order chi connectivity index (χ1) is 15.8. The third kappa shape index (κ3) is 5.11. The molecule has 1 unspecified atom stereocenters. The van der Waals surface area contributed by atoms with Gasteiger partial charge in [0.15, 0.2) is 5.69 Å². The molecule has 0 saturated heterocycles. The Morgan fingerprint density at radius 2 is 1.88 bits per heavy atom. The number of carbonyl (C=O) groups excluding carboxylic acids is 2. The van der Waals surface area contributed by atoms with Gasteiger partial charge in [0, 0.05) is 18.4 Å². The van der Waals surface area contributed by atoms with E-state index in [-0.39, 0.29) is 62.4 Å². The van der Waals surface area contributed by atoms with E-state index in [2.05, 4.69) is 0 Å². The van der Waals surface area contributed by atoms with Gasteiger partial charge >= 0.3 is 24.0 Å². The van der Waals surface area contributed by atoms with E-state index in [1.54, 1.807) is 26.8 Å². The highest BCUT2D eigenvalue weighted by Crippen LogP contribution is 2.47. The Balaban J connectivity index is 2.92. The molecular weight excluding hydrogens is 455 g/mol. The lowest BCUT2D eigenvalue weighted by molar-refractivity contribution is -0.184. The van der Waals surface area contributed by atoms with Crippen LogP contribution in [-0.2, 0) is 27.4 Å². The number of quaternary nitrogens is 1. The minimum Gasteiger partial charge on any atom is -0.496 e. The monoisotopic (exact) mass is 486 g/mol. The van der Waals surface area contributed by atoms with Gasteiger partial charge < -0.3 is 14.6 Å². The van der Waals surface area contributed by atoms with E-state index < -0.39 is 28.5 Å². The van der Waals surface area contributed by atoms with Gasteiger partial charge in [-0.05, 0) is 39.2 Å². The van der Waals surface area contributed by atoms with Crippen molar-refractivity contribution in [3.05, 3.63) is 33.9 Å². The molecule has 7 nitrogen and oxygen atoms in total. The second-order valence-corrected chi connectivity index (χ2v) is 8.37. The van der Waals surface area contributed by atoms with Crippen LogP contribution in [0.25, 0.3) is 0 Å². The highest BCUT2D eigenvalue weighted by Gasteiger charge is 2.57. The molecule has 0 spiro atoms. The van der Waals surface area contributed by atoms with E-state index >= 15 is 0 Å². The Hall–Kier alpha value is -2.88. The minimum absolute atomic E-state index is 0.0159. The van der Waals surface area contributed by atoms with Crippen molar-refractivity contribution >= 4 is 23.5 Å². The van der Waals surface area contributed by atoms with Crippen LogP contribution in [0.2, 0.25) is 0 Å². The van der Waals surface area contributed by atoms with Gasteiger partial charge in [0.2, 0.25) is 0 Å². The molecule has 1 heterocycles. The van der Waals surface area contributed by atoms with Crippen molar-refractivity contribution in [2.75, 3.05) is 20.2 Å². The molecule has 1 atom stereocenters. The lowest BCUT2D eigenvalue weighted by atomic mass is 9.91. The zero-order valence-electron chi connectivity index (χ0n) is 20.1. The summed E-state index contributed by atoms with van der Waals surface area (Å²) in [4.78, 5) is 36.6. The molecule has 34 heavy (non-hydrogen) atoms. The predicted octanol–water partition coefficient (Wildman–Crippen LogP) is 4.85. The van der Waals surface area contributed by atoms with Crippen LogP contribution in [0, 0.1) is 6.92 Å². The van der Waals surface area contributed by atoms with E-state index in [0.717, 1.165) is 0 Å². The Bertz CT molecular complexity index is 1020. The number of carboxylic acid groups (broad SMARTS) is 1. The second-order valence-electron chi connectivity index (χ2n) is 8.37. The van der Waals surface area contributed by atoms with Crippen molar-refractivity contribution in [3.8, 4) is 5.75 Å². The summed E-state index contributed by atoms with van der Waals surface area (Å²) in [5.74, 6) is -3.41. The molecule has 0 aliphatic carbocycles. The fourth-order valence-corrected chi connectivity index (χ4v) is 4.58. The lowest BCUT2D eigenvalue weighted by Crippen LogP contribution is -2.60. The van der Waals surface area contributed by atoms with Crippen LogP contribution in [-0.4, -0.2) is 49.3 Å². The Morgan fingerprint density at radius 1 is 1.24 bits per heavy atom. The van der Waals surface area contributed by atoms with Crippen LogP contribution >= 0.6 is 0 Å². The Morgan fingerprint density at radius 3 is 2.38 bits per heavy atom. The molecule has 1 amide bonds. The number of rotatable bonds is 10. The third-order valence-corrected chi connectivity index (χ3v) is 6.24. The summed E-state index contributed by atoms with van der Waals surface area (Å²) in [6.45, 7) is 6.05. The number of nitrogens with zero attached hydrogens (tertiary/aromatic N) is 1. The summed E-state index contributed by atoms with van der Waals surface area (Å²) in [6.07, 6.45) is -2.97. The largest absolute Gasteiger partial charge is 0.509 e. The molecular formula is C24H31F3NO6+. The molecule has 0 radical (unpaired) electrons. The molecule has 0 bridgehead atoms. The molecule has 0 aromatic heterocycles. The number of aliphatic carboxylic acids is 1. The highest BCUT2D eigenvalue weighted by molar-refractivity contribution is 6.05. The predicted molar refractivity (Wildman–Crippen MR) is 120 cm³/mol. The lowest BCUT2D eigenvalue weighted by Gasteiger charge is -2.37. The summed E-state index contributed by atoms with van der Waals surface area (Å²) in [5, 5.41) is 8.94. The number of carbonyl (C=O) groups is 3. The van der Waals surface area contributed by atoms with Gasteiger partial charge in [0.25, 0.3) is 0 Å². The van der Waals surface area contributed by atoms with Gasteiger partial charge in [-0.15, -0.1) is 0 Å². The standard InChI is InChI=1S/C24H30F3NO6/c1-6-12-28(7-2,23(32)24(25,26)27)20-16(10-8-14(3)9-11-18(29)30)21(33-5)15(4)17-13-34-22(31)19(17)20/h8H,6-7,9-13H2,1-5H3/p+1/b14-8+. The van der Waals surface area contributed by atoms with Crippen molar-refractivity contribution in [1.82, 2.24) is 4.48 Å². The molecule has 0 fully saturated rings. The van der Waals surface area contributed by atoms with Crippen LogP contribution in [0.4, 0.5) is 18.9 Å². The topological polar surface area (TPSA) is 89.9 Å². The summed E-state index contributed by atoms with van der Waals surface area (Å²) in [6, 6.07) is 0. The number of benzene rings is 1. The maximum absolute atomic E-state index is 13.9. The quantitative estimate of drug-likeness (QED) is 0.289. The van der Waals surface area contributed by atoms with E-state index in [0.29, 0.717) is 22.3 Å². The third-order valence-electron chi connectivity index (χ3n) is 6.24. The van der Waals surface area contributed by atoms with E-state index in [1.807, 2.05) is 0 Å². The van der Waals surface area contributed by atoms with Crippen molar-refractivity contribution in [1.29, 1.82) is 0 Å². The number of methoxy groups -OCH3 is 1. The second kappa shape index (κ2) is 10.6. The van der Waals surface area contributed by atoms with Crippen molar-refractivity contribution in [2.45, 2.75) is 66.2 Å². The van der Waals surface area contributed by atoms with Crippen molar-refractivity contribution in [2.24, 2.45) is 0 Å². The van der Waals surface area contributed by atoms with Gasteiger partial charge in [-0.25, -0.2) is 14.1 Å². The molecule has 1 aromatic rings. The molecule has 1 aromatic carbocycles. The van der Waals surface area contributed by atoms with Gasteiger partial charge in [-0.2, -0.15) is 13.2 Å². The van der Waals surface area contributed by atoms with Crippen molar-refractivity contribution < 1.29 is 42.1 Å². The van der Waals surface area contributed by atoms with Crippen LogP contribution in [0.5, 0.6) is 5.75 Å². The van der Waals surface area contributed by atoms with Gasteiger partial charge in [0.1, 0.15) is 17.9 Å². The van der Waals surface area contributed by atoms with Crippen LogP contribution in [0.3, 0.4) is 0 Å². The molecule has 0 saturated carbocycles. The number of allylic oxidation sites excluding steroid dienone is 2. The van der Waals surface area contributed by atoms with Crippen LogP contribution in [0.15, 0.2) is 11.6 Å². The summed E-state index contributed by atoms with van der Waals surface area (Å²) in [5.41, 5.74) is 1.91. The number of esters is 1. The first-order valence-electron chi connectivity index (χ1n) is 11.1.